The molecule has 206 valence electrons. The van der Waals surface area contributed by atoms with Crippen LogP contribution in [0, 0.1) is 11.3 Å². The molecule has 8 nitrogen and oxygen atoms in total. The molecular formula is C28H43N3O5S. The van der Waals surface area contributed by atoms with Gasteiger partial charge in [0.15, 0.2) is 0 Å². The lowest BCUT2D eigenvalue weighted by Crippen LogP contribution is -2.52. The van der Waals surface area contributed by atoms with E-state index in [0.717, 1.165) is 44.3 Å². The molecule has 0 bridgehead atoms. The lowest BCUT2D eigenvalue weighted by molar-refractivity contribution is -0.149. The fraction of sp³-hybridized carbons (Fsp3) is 0.714. The smallest absolute Gasteiger partial charge is 0.229 e. The summed E-state index contributed by atoms with van der Waals surface area (Å²) in [7, 11) is -3.16. The summed E-state index contributed by atoms with van der Waals surface area (Å²) in [6.07, 6.45) is 8.38. The van der Waals surface area contributed by atoms with Crippen LogP contribution in [0.15, 0.2) is 24.3 Å². The van der Waals surface area contributed by atoms with Crippen molar-refractivity contribution in [2.45, 2.75) is 64.7 Å². The lowest BCUT2D eigenvalue weighted by atomic mass is 9.73. The highest BCUT2D eigenvalue weighted by Crippen LogP contribution is 2.40. The van der Waals surface area contributed by atoms with Gasteiger partial charge in [0, 0.05) is 39.1 Å². The molecule has 2 fully saturated rings. The summed E-state index contributed by atoms with van der Waals surface area (Å²) in [5, 5.41) is 0. The highest BCUT2D eigenvalue weighted by molar-refractivity contribution is 7.88. The Bertz CT molecular complexity index is 1040. The van der Waals surface area contributed by atoms with Gasteiger partial charge in [-0.1, -0.05) is 24.6 Å². The molecule has 3 aliphatic heterocycles. The predicted molar refractivity (Wildman–Crippen MR) is 144 cm³/mol. The molecule has 3 aliphatic rings. The summed E-state index contributed by atoms with van der Waals surface area (Å²) in [6, 6.07) is 8.20. The van der Waals surface area contributed by atoms with E-state index < -0.39 is 15.4 Å². The third-order valence-corrected chi connectivity index (χ3v) is 9.95. The van der Waals surface area contributed by atoms with Crippen molar-refractivity contribution in [3.8, 4) is 5.75 Å². The van der Waals surface area contributed by atoms with Gasteiger partial charge in [-0.3, -0.25) is 9.59 Å². The average Bonchev–Trinajstić information content (AvgIpc) is 2.89. The van der Waals surface area contributed by atoms with E-state index in [2.05, 4.69) is 12.1 Å². The molecule has 1 aromatic carbocycles. The SMILES string of the molecule is CCN1CCOc2ccccc2CCCCC2(CCN(C(=O)CC3CCN(S(C)(=O)=O)CC3)CC2)C1=O. The Balaban J connectivity index is 1.36. The van der Waals surface area contributed by atoms with Crippen molar-refractivity contribution in [3.05, 3.63) is 29.8 Å². The number of amides is 2. The van der Waals surface area contributed by atoms with Gasteiger partial charge in [-0.05, 0) is 69.4 Å². The number of aryl methyl sites for hydroxylation is 1. The van der Waals surface area contributed by atoms with Crippen molar-refractivity contribution in [1.82, 2.24) is 14.1 Å². The molecule has 0 radical (unpaired) electrons. The molecule has 0 aliphatic carbocycles. The minimum absolute atomic E-state index is 0.144. The number of sulfonamides is 1. The Hall–Kier alpha value is -2.13. The van der Waals surface area contributed by atoms with Gasteiger partial charge in [0.1, 0.15) is 12.4 Å². The first-order valence-corrected chi connectivity index (χ1v) is 15.8. The number of hydrogen-bond donors (Lipinski definition) is 0. The van der Waals surface area contributed by atoms with Gasteiger partial charge in [0.25, 0.3) is 0 Å². The quantitative estimate of drug-likeness (QED) is 0.593. The number of carbonyl (C=O) groups excluding carboxylic acids is 2. The van der Waals surface area contributed by atoms with Crippen molar-refractivity contribution in [2.24, 2.45) is 11.3 Å². The zero-order valence-electron chi connectivity index (χ0n) is 22.5. The Morgan fingerprint density at radius 2 is 1.73 bits per heavy atom. The Morgan fingerprint density at radius 3 is 2.41 bits per heavy atom. The van der Waals surface area contributed by atoms with Crippen molar-refractivity contribution < 1.29 is 22.7 Å². The summed E-state index contributed by atoms with van der Waals surface area (Å²) >= 11 is 0. The molecule has 1 spiro atoms. The standard InChI is InChI=1S/C28H43N3O5S/c1-3-29-20-21-36-25-10-5-4-8-24(25)9-6-7-13-28(27(29)33)14-18-30(19-15-28)26(32)22-23-11-16-31(17-12-23)37(2,34)35/h4-5,8,10,23H,3,6-7,9,11-22H2,1-2H3. The van der Waals surface area contributed by atoms with Crippen LogP contribution in [0.2, 0.25) is 0 Å². The summed E-state index contributed by atoms with van der Waals surface area (Å²) in [4.78, 5) is 30.8. The van der Waals surface area contributed by atoms with Gasteiger partial charge >= 0.3 is 0 Å². The zero-order chi connectivity index (χ0) is 26.5. The molecule has 4 rings (SSSR count). The van der Waals surface area contributed by atoms with Crippen LogP contribution in [-0.4, -0.2) is 86.5 Å². The monoisotopic (exact) mass is 533 g/mol. The summed E-state index contributed by atoms with van der Waals surface area (Å²) < 4.78 is 31.1. The van der Waals surface area contributed by atoms with Crippen LogP contribution in [0.4, 0.5) is 0 Å². The summed E-state index contributed by atoms with van der Waals surface area (Å²) in [5.74, 6) is 1.51. The van der Waals surface area contributed by atoms with E-state index in [1.807, 2.05) is 28.9 Å². The average molecular weight is 534 g/mol. The third kappa shape index (κ3) is 6.85. The normalized spacial score (nSPS) is 22.6. The van der Waals surface area contributed by atoms with Gasteiger partial charge < -0.3 is 14.5 Å². The first-order valence-electron chi connectivity index (χ1n) is 13.9. The Labute approximate surface area is 222 Å². The highest BCUT2D eigenvalue weighted by atomic mass is 32.2. The van der Waals surface area contributed by atoms with E-state index in [-0.39, 0.29) is 17.7 Å². The molecule has 9 heteroatoms. The summed E-state index contributed by atoms with van der Waals surface area (Å²) in [6.45, 7) is 5.95. The predicted octanol–water partition coefficient (Wildman–Crippen LogP) is 3.31. The van der Waals surface area contributed by atoms with Crippen LogP contribution >= 0.6 is 0 Å². The van der Waals surface area contributed by atoms with E-state index in [0.29, 0.717) is 65.1 Å². The van der Waals surface area contributed by atoms with Gasteiger partial charge in [0.2, 0.25) is 21.8 Å². The summed E-state index contributed by atoms with van der Waals surface area (Å²) in [5.41, 5.74) is 0.820. The number of nitrogens with zero attached hydrogens (tertiary/aromatic N) is 3. The maximum atomic E-state index is 13.8. The van der Waals surface area contributed by atoms with Crippen molar-refractivity contribution >= 4 is 21.8 Å². The fourth-order valence-electron chi connectivity index (χ4n) is 6.21. The van der Waals surface area contributed by atoms with Gasteiger partial charge in [-0.25, -0.2) is 12.7 Å². The second kappa shape index (κ2) is 12.2. The minimum Gasteiger partial charge on any atom is -0.491 e. The van der Waals surface area contributed by atoms with Crippen LogP contribution < -0.4 is 4.74 Å². The first kappa shape index (κ1) is 27.9. The van der Waals surface area contributed by atoms with E-state index in [1.165, 1.54) is 16.1 Å². The molecule has 3 heterocycles. The Morgan fingerprint density at radius 1 is 1.03 bits per heavy atom. The molecule has 0 saturated carbocycles. The van der Waals surface area contributed by atoms with Crippen molar-refractivity contribution in [1.29, 1.82) is 0 Å². The topological polar surface area (TPSA) is 87.2 Å². The van der Waals surface area contributed by atoms with E-state index in [9.17, 15) is 18.0 Å². The Kier molecular flexibility index (Phi) is 9.16. The van der Waals surface area contributed by atoms with Crippen LogP contribution in [0.1, 0.15) is 63.9 Å². The molecule has 2 saturated heterocycles. The minimum atomic E-state index is -3.16. The lowest BCUT2D eigenvalue weighted by Gasteiger charge is -2.44. The number of likely N-dealkylation sites (N-methyl/N-ethyl adjacent to an activating group) is 1. The number of fused-ring (bicyclic) bond motifs is 1. The third-order valence-electron chi connectivity index (χ3n) is 8.64. The molecule has 0 atom stereocenters. The van der Waals surface area contributed by atoms with Crippen molar-refractivity contribution in [2.75, 3.05) is 52.1 Å². The number of carbonyl (C=O) groups is 2. The van der Waals surface area contributed by atoms with Gasteiger partial charge in [-0.15, -0.1) is 0 Å². The molecule has 0 aromatic heterocycles. The largest absolute Gasteiger partial charge is 0.491 e. The van der Waals surface area contributed by atoms with Crippen LogP contribution in [0.3, 0.4) is 0 Å². The number of likely N-dealkylation sites (tertiary alicyclic amines) is 1. The maximum absolute atomic E-state index is 13.8. The van der Waals surface area contributed by atoms with E-state index in [4.69, 9.17) is 4.74 Å². The van der Waals surface area contributed by atoms with Crippen molar-refractivity contribution in [3.63, 3.8) is 0 Å². The molecule has 0 unspecified atom stereocenters. The van der Waals surface area contributed by atoms with E-state index >= 15 is 0 Å². The van der Waals surface area contributed by atoms with Crippen LogP contribution in [0.5, 0.6) is 5.75 Å². The molecule has 2 amide bonds. The molecule has 1 aromatic rings. The number of ether oxygens (including phenoxy) is 1. The highest BCUT2D eigenvalue weighted by Gasteiger charge is 2.44. The van der Waals surface area contributed by atoms with Crippen LogP contribution in [-0.2, 0) is 26.0 Å². The number of hydrogen-bond acceptors (Lipinski definition) is 5. The number of para-hydroxylation sites is 1. The number of piperidine rings is 2. The second-order valence-electron chi connectivity index (χ2n) is 11.0. The van der Waals surface area contributed by atoms with Gasteiger partial charge in [0.05, 0.1) is 18.2 Å². The zero-order valence-corrected chi connectivity index (χ0v) is 23.3. The number of benzene rings is 1. The second-order valence-corrected chi connectivity index (χ2v) is 13.0. The maximum Gasteiger partial charge on any atom is 0.229 e. The molecule has 37 heavy (non-hydrogen) atoms. The van der Waals surface area contributed by atoms with Crippen LogP contribution in [0.25, 0.3) is 0 Å². The first-order chi connectivity index (χ1) is 17.7. The number of rotatable bonds is 4. The molecule has 0 N–H and O–H groups in total. The van der Waals surface area contributed by atoms with E-state index in [1.54, 1.807) is 0 Å². The van der Waals surface area contributed by atoms with Gasteiger partial charge in [-0.2, -0.15) is 0 Å². The fourth-order valence-corrected chi connectivity index (χ4v) is 7.08. The molecular weight excluding hydrogens is 490 g/mol.